The Bertz CT molecular complexity index is 1020. The molecule has 0 amide bonds. The van der Waals surface area contributed by atoms with Gasteiger partial charge in [-0.25, -0.2) is 8.42 Å². The Morgan fingerprint density at radius 3 is 2.48 bits per heavy atom. The summed E-state index contributed by atoms with van der Waals surface area (Å²) >= 11 is 0. The van der Waals surface area contributed by atoms with Crippen molar-refractivity contribution in [3.63, 3.8) is 0 Å². The van der Waals surface area contributed by atoms with Crippen molar-refractivity contribution in [2.24, 2.45) is 0 Å². The molecule has 142 valence electrons. The first-order chi connectivity index (χ1) is 13.1. The molecule has 27 heavy (non-hydrogen) atoms. The zero-order valence-corrected chi connectivity index (χ0v) is 16.2. The smallest absolute Gasteiger partial charge is 0.223 e. The zero-order valence-electron chi connectivity index (χ0n) is 15.4. The van der Waals surface area contributed by atoms with Gasteiger partial charge in [-0.05, 0) is 43.3 Å². The fraction of sp³-hybridized carbons (Fsp3) is 0.350. The van der Waals surface area contributed by atoms with Crippen molar-refractivity contribution in [3.05, 3.63) is 48.5 Å². The molecule has 1 aliphatic heterocycles. The van der Waals surface area contributed by atoms with Crippen molar-refractivity contribution in [2.75, 3.05) is 37.6 Å². The maximum atomic E-state index is 12.9. The van der Waals surface area contributed by atoms with E-state index >= 15 is 0 Å². The highest BCUT2D eigenvalue weighted by Crippen LogP contribution is 2.29. The number of aromatic amines is 1. The Labute approximate surface area is 159 Å². The van der Waals surface area contributed by atoms with Crippen LogP contribution in [0.5, 0.6) is 0 Å². The molecule has 0 bridgehead atoms. The average molecular weight is 385 g/mol. The Hall–Kier alpha value is -2.38. The van der Waals surface area contributed by atoms with Crippen molar-refractivity contribution in [2.45, 2.75) is 23.3 Å². The van der Waals surface area contributed by atoms with Crippen LogP contribution in [-0.4, -0.2) is 56.2 Å². The number of hydrogen-bond donors (Lipinski definition) is 1. The number of hydrogen-bond acceptors (Lipinski definition) is 5. The molecule has 1 N–H and O–H groups in total. The predicted octanol–water partition coefficient (Wildman–Crippen LogP) is 2.93. The molecule has 1 aliphatic rings. The van der Waals surface area contributed by atoms with Crippen LogP contribution in [0.15, 0.2) is 58.5 Å². The van der Waals surface area contributed by atoms with E-state index in [0.717, 1.165) is 38.4 Å². The van der Waals surface area contributed by atoms with Gasteiger partial charge in [0.1, 0.15) is 0 Å². The number of sulfone groups is 1. The van der Waals surface area contributed by atoms with E-state index in [-0.39, 0.29) is 9.92 Å². The number of nitrogens with zero attached hydrogens (tertiary/aromatic N) is 3. The quantitative estimate of drug-likeness (QED) is 0.732. The lowest BCUT2D eigenvalue weighted by atomic mass is 10.2. The number of nitrogens with one attached hydrogen (secondary N) is 1. The SMILES string of the molecule is CCCN1CCN(c2ccc3c(S(=O)(=O)c4ccccc4)[nH]nc3c2)CC1. The van der Waals surface area contributed by atoms with E-state index in [4.69, 9.17) is 0 Å². The second-order valence-electron chi connectivity index (χ2n) is 6.90. The molecule has 0 atom stereocenters. The number of aromatic nitrogens is 2. The lowest BCUT2D eigenvalue weighted by Crippen LogP contribution is -2.46. The van der Waals surface area contributed by atoms with Gasteiger partial charge in [0.15, 0.2) is 5.03 Å². The van der Waals surface area contributed by atoms with Crippen molar-refractivity contribution in [1.29, 1.82) is 0 Å². The van der Waals surface area contributed by atoms with Gasteiger partial charge in [-0.15, -0.1) is 0 Å². The number of piperazine rings is 1. The van der Waals surface area contributed by atoms with Crippen molar-refractivity contribution >= 4 is 26.4 Å². The van der Waals surface area contributed by atoms with Crippen LogP contribution < -0.4 is 4.90 Å². The van der Waals surface area contributed by atoms with Crippen molar-refractivity contribution in [3.8, 4) is 0 Å². The molecule has 1 fully saturated rings. The van der Waals surface area contributed by atoms with E-state index in [1.165, 1.54) is 6.42 Å². The number of benzene rings is 2. The number of rotatable bonds is 5. The van der Waals surface area contributed by atoms with E-state index in [0.29, 0.717) is 10.9 Å². The second-order valence-corrected chi connectivity index (χ2v) is 8.79. The van der Waals surface area contributed by atoms with Gasteiger partial charge in [-0.3, -0.25) is 10.00 Å². The fourth-order valence-corrected chi connectivity index (χ4v) is 5.02. The van der Waals surface area contributed by atoms with E-state index < -0.39 is 9.84 Å². The molecule has 2 aromatic carbocycles. The van der Waals surface area contributed by atoms with Gasteiger partial charge >= 0.3 is 0 Å². The maximum absolute atomic E-state index is 12.9. The van der Waals surface area contributed by atoms with Crippen molar-refractivity contribution < 1.29 is 8.42 Å². The van der Waals surface area contributed by atoms with Crippen LogP contribution in [0.4, 0.5) is 5.69 Å². The van der Waals surface area contributed by atoms with Crippen LogP contribution in [0.2, 0.25) is 0 Å². The van der Waals surface area contributed by atoms with Crippen LogP contribution in [0.1, 0.15) is 13.3 Å². The molecule has 1 aromatic heterocycles. The first-order valence-corrected chi connectivity index (χ1v) is 10.8. The average Bonchev–Trinajstić information content (AvgIpc) is 3.13. The first-order valence-electron chi connectivity index (χ1n) is 9.35. The van der Waals surface area contributed by atoms with Gasteiger partial charge in [-0.1, -0.05) is 25.1 Å². The second kappa shape index (κ2) is 7.32. The Balaban J connectivity index is 1.61. The molecule has 0 saturated carbocycles. The summed E-state index contributed by atoms with van der Waals surface area (Å²) in [5.41, 5.74) is 1.77. The van der Waals surface area contributed by atoms with Gasteiger partial charge in [0.2, 0.25) is 9.84 Å². The molecule has 0 aliphatic carbocycles. The Kier molecular flexibility index (Phi) is 4.88. The lowest BCUT2D eigenvalue weighted by molar-refractivity contribution is 0.258. The molecule has 6 nitrogen and oxygen atoms in total. The van der Waals surface area contributed by atoms with Gasteiger partial charge in [-0.2, -0.15) is 5.10 Å². The number of H-pyrrole nitrogens is 1. The summed E-state index contributed by atoms with van der Waals surface area (Å²) in [6.07, 6.45) is 1.18. The Morgan fingerprint density at radius 2 is 1.78 bits per heavy atom. The Morgan fingerprint density at radius 1 is 1.04 bits per heavy atom. The van der Waals surface area contributed by atoms with Gasteiger partial charge in [0.05, 0.1) is 10.4 Å². The third-order valence-corrected chi connectivity index (χ3v) is 6.84. The summed E-state index contributed by atoms with van der Waals surface area (Å²) in [4.78, 5) is 5.09. The minimum Gasteiger partial charge on any atom is -0.369 e. The predicted molar refractivity (Wildman–Crippen MR) is 107 cm³/mol. The van der Waals surface area contributed by atoms with Crippen molar-refractivity contribution in [1.82, 2.24) is 15.1 Å². The topological polar surface area (TPSA) is 69.3 Å². The first kappa shape index (κ1) is 18.0. The summed E-state index contributed by atoms with van der Waals surface area (Å²) in [5, 5.41) is 7.80. The normalized spacial score (nSPS) is 16.1. The van der Waals surface area contributed by atoms with E-state index in [1.54, 1.807) is 30.3 Å². The van der Waals surface area contributed by atoms with E-state index in [2.05, 4.69) is 26.9 Å². The summed E-state index contributed by atoms with van der Waals surface area (Å²) in [6.45, 7) is 7.42. The molecule has 7 heteroatoms. The molecular weight excluding hydrogens is 360 g/mol. The highest BCUT2D eigenvalue weighted by atomic mass is 32.2. The molecule has 0 unspecified atom stereocenters. The minimum absolute atomic E-state index is 0.156. The molecule has 2 heterocycles. The molecule has 0 radical (unpaired) electrons. The summed E-state index contributed by atoms with van der Waals surface area (Å²) in [7, 11) is -3.61. The number of fused-ring (bicyclic) bond motifs is 1. The number of anilines is 1. The van der Waals surface area contributed by atoms with Gasteiger partial charge in [0.25, 0.3) is 0 Å². The van der Waals surface area contributed by atoms with Gasteiger partial charge in [0, 0.05) is 37.3 Å². The monoisotopic (exact) mass is 384 g/mol. The lowest BCUT2D eigenvalue weighted by Gasteiger charge is -2.36. The fourth-order valence-electron chi connectivity index (χ4n) is 3.64. The summed E-state index contributed by atoms with van der Waals surface area (Å²) in [6, 6.07) is 14.3. The minimum atomic E-state index is -3.61. The molecule has 0 spiro atoms. The highest BCUT2D eigenvalue weighted by molar-refractivity contribution is 7.91. The van der Waals surface area contributed by atoms with Crippen LogP contribution in [0.3, 0.4) is 0 Å². The molecule has 4 rings (SSSR count). The molecular formula is C20H24N4O2S. The zero-order chi connectivity index (χ0) is 18.9. The van der Waals surface area contributed by atoms with E-state index in [9.17, 15) is 8.42 Å². The third-order valence-electron chi connectivity index (χ3n) is 5.10. The van der Waals surface area contributed by atoms with Crippen LogP contribution >= 0.6 is 0 Å². The van der Waals surface area contributed by atoms with E-state index in [1.807, 2.05) is 18.2 Å². The van der Waals surface area contributed by atoms with Crippen LogP contribution in [0, 0.1) is 0 Å². The van der Waals surface area contributed by atoms with Gasteiger partial charge < -0.3 is 4.90 Å². The largest absolute Gasteiger partial charge is 0.369 e. The van der Waals surface area contributed by atoms with Crippen LogP contribution in [-0.2, 0) is 9.84 Å². The summed E-state index contributed by atoms with van der Waals surface area (Å²) in [5.74, 6) is 0. The summed E-state index contributed by atoms with van der Waals surface area (Å²) < 4.78 is 25.8. The third kappa shape index (κ3) is 3.44. The molecule has 1 saturated heterocycles. The standard InChI is InChI=1S/C20H24N4O2S/c1-2-10-23-11-13-24(14-12-23)16-8-9-18-19(15-16)21-22-20(18)27(25,26)17-6-4-3-5-7-17/h3-9,15H,2,10-14H2,1H3,(H,21,22). The molecule has 3 aromatic rings. The maximum Gasteiger partial charge on any atom is 0.223 e. The highest BCUT2D eigenvalue weighted by Gasteiger charge is 2.23. The van der Waals surface area contributed by atoms with Crippen LogP contribution in [0.25, 0.3) is 10.9 Å².